The predicted octanol–water partition coefficient (Wildman–Crippen LogP) is 0.0497. The van der Waals surface area contributed by atoms with E-state index < -0.39 is 27.2 Å². The molecule has 7 nitrogen and oxygen atoms in total. The number of hydrogen-bond acceptors (Lipinski definition) is 5. The van der Waals surface area contributed by atoms with Gasteiger partial charge in [0.1, 0.15) is 5.82 Å². The number of sulfonamides is 1. The minimum atomic E-state index is -4.03. The van der Waals surface area contributed by atoms with Crippen molar-refractivity contribution in [3.63, 3.8) is 0 Å². The molecule has 2 saturated heterocycles. The maximum absolute atomic E-state index is 14.1. The second-order valence-corrected chi connectivity index (χ2v) is 8.39. The van der Waals surface area contributed by atoms with Crippen LogP contribution in [0.3, 0.4) is 0 Å². The molecule has 0 radical (unpaired) electrons. The SMILES string of the molecule is NS(=O)(=O)c1ccc(F)c(C(=O)N2CC[C@H]3NCCC[C@]3(CO)C2)c1. The van der Waals surface area contributed by atoms with E-state index in [-0.39, 0.29) is 23.1 Å². The summed E-state index contributed by atoms with van der Waals surface area (Å²) >= 11 is 0. The first kappa shape index (κ1) is 18.2. The van der Waals surface area contributed by atoms with Gasteiger partial charge >= 0.3 is 0 Å². The van der Waals surface area contributed by atoms with Gasteiger partial charge in [0.2, 0.25) is 10.0 Å². The molecule has 2 heterocycles. The molecule has 1 aromatic rings. The second-order valence-electron chi connectivity index (χ2n) is 6.83. The number of likely N-dealkylation sites (tertiary alicyclic amines) is 1. The van der Waals surface area contributed by atoms with Crippen LogP contribution in [-0.4, -0.2) is 56.6 Å². The van der Waals surface area contributed by atoms with Gasteiger partial charge in [0.25, 0.3) is 5.91 Å². The molecule has 0 spiro atoms. The Kier molecular flexibility index (Phi) is 4.84. The third-order valence-corrected chi connectivity index (χ3v) is 6.18. The first-order valence-electron chi connectivity index (χ1n) is 8.23. The monoisotopic (exact) mass is 371 g/mol. The summed E-state index contributed by atoms with van der Waals surface area (Å²) in [5, 5.41) is 18.4. The van der Waals surface area contributed by atoms with Crippen LogP contribution >= 0.6 is 0 Å². The van der Waals surface area contributed by atoms with Crippen LogP contribution in [0.1, 0.15) is 29.6 Å². The van der Waals surface area contributed by atoms with Crippen LogP contribution in [0.25, 0.3) is 0 Å². The Balaban J connectivity index is 1.89. The molecule has 9 heteroatoms. The highest BCUT2D eigenvalue weighted by molar-refractivity contribution is 7.89. The number of hydrogen-bond donors (Lipinski definition) is 3. The predicted molar refractivity (Wildman–Crippen MR) is 88.8 cm³/mol. The summed E-state index contributed by atoms with van der Waals surface area (Å²) in [4.78, 5) is 14.0. The third kappa shape index (κ3) is 3.41. The summed E-state index contributed by atoms with van der Waals surface area (Å²) in [5.41, 5.74) is -0.762. The van der Waals surface area contributed by atoms with E-state index in [0.29, 0.717) is 19.5 Å². The number of nitrogens with one attached hydrogen (secondary N) is 1. The molecule has 1 amide bonds. The molecule has 2 aliphatic rings. The average Bonchev–Trinajstić information content (AvgIpc) is 2.60. The van der Waals surface area contributed by atoms with Gasteiger partial charge in [-0.25, -0.2) is 17.9 Å². The van der Waals surface area contributed by atoms with Crippen molar-refractivity contribution in [1.82, 2.24) is 10.2 Å². The number of amides is 1. The van der Waals surface area contributed by atoms with Crippen LogP contribution in [0.4, 0.5) is 4.39 Å². The number of nitrogens with zero attached hydrogens (tertiary/aromatic N) is 1. The number of rotatable bonds is 3. The zero-order chi connectivity index (χ0) is 18.2. The standard InChI is InChI=1S/C16H22FN3O4S/c17-13-3-2-11(25(18,23)24)8-12(13)15(22)20-7-4-14-16(9-20,10-21)5-1-6-19-14/h2-3,8,14,19,21H,1,4-7,9-10H2,(H2,18,23,24)/t14-,16-/m1/s1. The van der Waals surface area contributed by atoms with E-state index in [1.807, 2.05) is 0 Å². The number of carbonyl (C=O) groups is 1. The summed E-state index contributed by atoms with van der Waals surface area (Å²) in [6, 6.07) is 3.07. The van der Waals surface area contributed by atoms with Crippen molar-refractivity contribution in [3.8, 4) is 0 Å². The summed E-state index contributed by atoms with van der Waals surface area (Å²) in [6.07, 6.45) is 2.34. The minimum Gasteiger partial charge on any atom is -0.396 e. The van der Waals surface area contributed by atoms with Gasteiger partial charge in [0.05, 0.1) is 17.1 Å². The van der Waals surface area contributed by atoms with Crippen LogP contribution < -0.4 is 10.5 Å². The summed E-state index contributed by atoms with van der Waals surface area (Å²) in [6.45, 7) is 1.54. The van der Waals surface area contributed by atoms with Crippen molar-refractivity contribution in [2.75, 3.05) is 26.2 Å². The van der Waals surface area contributed by atoms with Crippen LogP contribution in [0.15, 0.2) is 23.1 Å². The van der Waals surface area contributed by atoms with E-state index in [1.165, 1.54) is 4.90 Å². The Bertz CT molecular complexity index is 786. The summed E-state index contributed by atoms with van der Waals surface area (Å²) in [5.74, 6) is -1.38. The van der Waals surface area contributed by atoms with Gasteiger partial charge in [-0.15, -0.1) is 0 Å². The molecule has 0 aromatic heterocycles. The summed E-state index contributed by atoms with van der Waals surface area (Å²) < 4.78 is 37.1. The van der Waals surface area contributed by atoms with Crippen molar-refractivity contribution < 1.29 is 22.7 Å². The Morgan fingerprint density at radius 1 is 1.48 bits per heavy atom. The Morgan fingerprint density at radius 2 is 2.24 bits per heavy atom. The van der Waals surface area contributed by atoms with Gasteiger partial charge in [0, 0.05) is 24.5 Å². The van der Waals surface area contributed by atoms with Crippen LogP contribution in [0.5, 0.6) is 0 Å². The van der Waals surface area contributed by atoms with E-state index in [4.69, 9.17) is 5.14 Å². The topological polar surface area (TPSA) is 113 Å². The van der Waals surface area contributed by atoms with E-state index in [2.05, 4.69) is 5.32 Å². The van der Waals surface area contributed by atoms with Crippen LogP contribution in [0.2, 0.25) is 0 Å². The van der Waals surface area contributed by atoms with Gasteiger partial charge in [-0.1, -0.05) is 0 Å². The Labute approximate surface area is 146 Å². The van der Waals surface area contributed by atoms with Crippen molar-refractivity contribution in [3.05, 3.63) is 29.6 Å². The van der Waals surface area contributed by atoms with Gasteiger partial charge in [-0.2, -0.15) is 0 Å². The number of carbonyl (C=O) groups excluding carboxylic acids is 1. The Hall–Kier alpha value is -1.55. The molecule has 138 valence electrons. The third-order valence-electron chi connectivity index (χ3n) is 5.27. The lowest BCUT2D eigenvalue weighted by Gasteiger charge is -2.50. The number of nitrogens with two attached hydrogens (primary N) is 1. The lowest BCUT2D eigenvalue weighted by Crippen LogP contribution is -2.62. The second kappa shape index (κ2) is 6.64. The van der Waals surface area contributed by atoms with Crippen LogP contribution in [-0.2, 0) is 10.0 Å². The van der Waals surface area contributed by atoms with Crippen molar-refractivity contribution in [2.24, 2.45) is 10.6 Å². The van der Waals surface area contributed by atoms with E-state index >= 15 is 0 Å². The molecular formula is C16H22FN3O4S. The highest BCUT2D eigenvalue weighted by atomic mass is 32.2. The number of aliphatic hydroxyl groups is 1. The number of benzene rings is 1. The van der Waals surface area contributed by atoms with E-state index in [9.17, 15) is 22.7 Å². The number of fused-ring (bicyclic) bond motifs is 1. The fourth-order valence-corrected chi connectivity index (χ4v) is 4.42. The van der Waals surface area contributed by atoms with Gasteiger partial charge < -0.3 is 15.3 Å². The zero-order valence-corrected chi connectivity index (χ0v) is 14.6. The minimum absolute atomic E-state index is 0.0614. The molecule has 1 aromatic carbocycles. The van der Waals surface area contributed by atoms with Crippen LogP contribution in [0, 0.1) is 11.2 Å². The molecule has 0 unspecified atom stereocenters. The quantitative estimate of drug-likeness (QED) is 0.695. The van der Waals surface area contributed by atoms with E-state index in [1.54, 1.807) is 0 Å². The Morgan fingerprint density at radius 3 is 2.92 bits per heavy atom. The number of aliphatic hydroxyl groups excluding tert-OH is 1. The first-order valence-corrected chi connectivity index (χ1v) is 9.77. The molecule has 0 bridgehead atoms. The largest absolute Gasteiger partial charge is 0.396 e. The van der Waals surface area contributed by atoms with E-state index in [0.717, 1.165) is 37.6 Å². The zero-order valence-electron chi connectivity index (χ0n) is 13.7. The first-order chi connectivity index (χ1) is 11.8. The molecule has 3 rings (SSSR count). The molecule has 2 atom stereocenters. The lowest BCUT2D eigenvalue weighted by molar-refractivity contribution is -0.0139. The number of piperidine rings is 2. The summed E-state index contributed by atoms with van der Waals surface area (Å²) in [7, 11) is -4.03. The van der Waals surface area contributed by atoms with Crippen molar-refractivity contribution >= 4 is 15.9 Å². The lowest BCUT2D eigenvalue weighted by atomic mass is 9.70. The maximum atomic E-state index is 14.1. The van der Waals surface area contributed by atoms with Crippen molar-refractivity contribution in [2.45, 2.75) is 30.2 Å². The molecule has 2 fully saturated rings. The smallest absolute Gasteiger partial charge is 0.256 e. The normalized spacial score (nSPS) is 27.0. The fraction of sp³-hybridized carbons (Fsp3) is 0.562. The molecule has 0 aliphatic carbocycles. The molecule has 2 aliphatic heterocycles. The molecular weight excluding hydrogens is 349 g/mol. The highest BCUT2D eigenvalue weighted by Crippen LogP contribution is 2.37. The highest BCUT2D eigenvalue weighted by Gasteiger charge is 2.45. The molecule has 0 saturated carbocycles. The molecule has 25 heavy (non-hydrogen) atoms. The van der Waals surface area contributed by atoms with Gasteiger partial charge in [0.15, 0.2) is 0 Å². The molecule has 4 N–H and O–H groups in total. The maximum Gasteiger partial charge on any atom is 0.256 e. The number of halogens is 1. The fourth-order valence-electron chi connectivity index (χ4n) is 3.88. The average molecular weight is 371 g/mol. The van der Waals surface area contributed by atoms with Gasteiger partial charge in [-0.3, -0.25) is 4.79 Å². The number of primary sulfonamides is 1. The van der Waals surface area contributed by atoms with Crippen molar-refractivity contribution in [1.29, 1.82) is 0 Å². The van der Waals surface area contributed by atoms with Gasteiger partial charge in [-0.05, 0) is 44.0 Å².